The first-order valence-electron chi connectivity index (χ1n) is 6.27. The first kappa shape index (κ1) is 14.6. The lowest BCUT2D eigenvalue weighted by Gasteiger charge is -2.11. The van der Waals surface area contributed by atoms with Gasteiger partial charge in [0.05, 0.1) is 19.2 Å². The van der Waals surface area contributed by atoms with Crippen molar-refractivity contribution in [3.8, 4) is 5.75 Å². The molecule has 0 bridgehead atoms. The number of hydrogen-bond donors (Lipinski definition) is 1. The molecule has 2 aromatic carbocycles. The molecular weight excluding hydrogens is 318 g/mol. The number of carbonyl (C=O) groups is 1. The summed E-state index contributed by atoms with van der Waals surface area (Å²) < 4.78 is 6.27. The molecule has 0 radical (unpaired) electrons. The summed E-state index contributed by atoms with van der Waals surface area (Å²) in [4.78, 5) is 12.0. The quantitative estimate of drug-likeness (QED) is 0.919. The molecule has 0 heterocycles. The Hall–Kier alpha value is -1.81. The van der Waals surface area contributed by atoms with Gasteiger partial charge in [-0.3, -0.25) is 4.79 Å². The highest BCUT2D eigenvalue weighted by atomic mass is 79.9. The van der Waals surface area contributed by atoms with E-state index in [2.05, 4.69) is 21.2 Å². The van der Waals surface area contributed by atoms with Gasteiger partial charge in [-0.25, -0.2) is 0 Å². The first-order valence-corrected chi connectivity index (χ1v) is 7.06. The van der Waals surface area contributed by atoms with E-state index in [4.69, 9.17) is 4.74 Å². The van der Waals surface area contributed by atoms with Crippen molar-refractivity contribution in [2.75, 3.05) is 12.4 Å². The lowest BCUT2D eigenvalue weighted by molar-refractivity contribution is -0.115. The van der Waals surface area contributed by atoms with Gasteiger partial charge < -0.3 is 10.1 Å². The van der Waals surface area contributed by atoms with Crippen LogP contribution in [0.3, 0.4) is 0 Å². The number of carbonyl (C=O) groups excluding carboxylic acids is 1. The number of aryl methyl sites for hydroxylation is 1. The average Bonchev–Trinajstić information content (AvgIpc) is 2.43. The highest BCUT2D eigenvalue weighted by Crippen LogP contribution is 2.25. The van der Waals surface area contributed by atoms with Gasteiger partial charge in [-0.05, 0) is 42.3 Å². The van der Waals surface area contributed by atoms with Crippen molar-refractivity contribution in [1.82, 2.24) is 0 Å². The third-order valence-electron chi connectivity index (χ3n) is 2.91. The maximum Gasteiger partial charge on any atom is 0.228 e. The Morgan fingerprint density at radius 1 is 1.20 bits per heavy atom. The third kappa shape index (κ3) is 3.84. The number of amides is 1. The van der Waals surface area contributed by atoms with Gasteiger partial charge >= 0.3 is 0 Å². The Labute approximate surface area is 127 Å². The summed E-state index contributed by atoms with van der Waals surface area (Å²) in [5.74, 6) is 0.614. The number of halogens is 1. The maximum atomic E-state index is 12.0. The van der Waals surface area contributed by atoms with Crippen LogP contribution in [-0.4, -0.2) is 13.0 Å². The largest absolute Gasteiger partial charge is 0.495 e. The van der Waals surface area contributed by atoms with Crippen LogP contribution < -0.4 is 10.1 Å². The summed E-state index contributed by atoms with van der Waals surface area (Å²) in [5.41, 5.74) is 2.75. The predicted octanol–water partition coefficient (Wildman–Crippen LogP) is 3.95. The molecule has 20 heavy (non-hydrogen) atoms. The minimum absolute atomic E-state index is 0.0607. The van der Waals surface area contributed by atoms with Gasteiger partial charge in [0.25, 0.3) is 0 Å². The molecular formula is C16H16BrNO2. The summed E-state index contributed by atoms with van der Waals surface area (Å²) in [5, 5.41) is 2.88. The van der Waals surface area contributed by atoms with E-state index < -0.39 is 0 Å². The SMILES string of the molecule is COc1cc(C)ccc1NC(=O)Cc1ccc(Br)cc1. The van der Waals surface area contributed by atoms with Crippen molar-refractivity contribution >= 4 is 27.5 Å². The number of methoxy groups -OCH3 is 1. The van der Waals surface area contributed by atoms with Crippen molar-refractivity contribution in [2.24, 2.45) is 0 Å². The van der Waals surface area contributed by atoms with Crippen LogP contribution in [0.5, 0.6) is 5.75 Å². The van der Waals surface area contributed by atoms with Gasteiger partial charge in [-0.1, -0.05) is 34.1 Å². The van der Waals surface area contributed by atoms with Gasteiger partial charge in [0.15, 0.2) is 0 Å². The molecule has 0 aliphatic rings. The van der Waals surface area contributed by atoms with Crippen LogP contribution in [0.25, 0.3) is 0 Å². The van der Waals surface area contributed by atoms with Crippen LogP contribution in [0.1, 0.15) is 11.1 Å². The molecule has 3 nitrogen and oxygen atoms in total. The smallest absolute Gasteiger partial charge is 0.228 e. The second-order valence-electron chi connectivity index (χ2n) is 4.56. The van der Waals surface area contributed by atoms with Crippen LogP contribution in [0.2, 0.25) is 0 Å². The van der Waals surface area contributed by atoms with E-state index in [0.29, 0.717) is 17.9 Å². The van der Waals surface area contributed by atoms with Gasteiger partial charge in [0.2, 0.25) is 5.91 Å². The second-order valence-corrected chi connectivity index (χ2v) is 5.47. The van der Waals surface area contributed by atoms with E-state index in [1.165, 1.54) is 0 Å². The van der Waals surface area contributed by atoms with Crippen molar-refractivity contribution < 1.29 is 9.53 Å². The molecule has 0 aromatic heterocycles. The topological polar surface area (TPSA) is 38.3 Å². The summed E-state index contributed by atoms with van der Waals surface area (Å²) in [6.07, 6.45) is 0.338. The molecule has 1 amide bonds. The zero-order valence-electron chi connectivity index (χ0n) is 11.4. The summed E-state index contributed by atoms with van der Waals surface area (Å²) in [7, 11) is 1.60. The lowest BCUT2D eigenvalue weighted by Crippen LogP contribution is -2.15. The van der Waals surface area contributed by atoms with Crippen molar-refractivity contribution in [2.45, 2.75) is 13.3 Å². The number of benzene rings is 2. The monoisotopic (exact) mass is 333 g/mol. The molecule has 0 aliphatic carbocycles. The van der Waals surface area contributed by atoms with E-state index in [-0.39, 0.29) is 5.91 Å². The molecule has 104 valence electrons. The van der Waals surface area contributed by atoms with E-state index in [0.717, 1.165) is 15.6 Å². The molecule has 2 rings (SSSR count). The Morgan fingerprint density at radius 2 is 1.90 bits per heavy atom. The zero-order valence-corrected chi connectivity index (χ0v) is 13.0. The summed E-state index contributed by atoms with van der Waals surface area (Å²) in [6.45, 7) is 1.98. The van der Waals surface area contributed by atoms with E-state index >= 15 is 0 Å². The fourth-order valence-corrected chi connectivity index (χ4v) is 2.15. The molecule has 0 saturated heterocycles. The zero-order chi connectivity index (χ0) is 14.5. The summed E-state index contributed by atoms with van der Waals surface area (Å²) in [6, 6.07) is 13.4. The first-order chi connectivity index (χ1) is 9.58. The second kappa shape index (κ2) is 6.57. The highest BCUT2D eigenvalue weighted by molar-refractivity contribution is 9.10. The Balaban J connectivity index is 2.06. The minimum Gasteiger partial charge on any atom is -0.495 e. The van der Waals surface area contributed by atoms with Gasteiger partial charge in [0, 0.05) is 4.47 Å². The Kier molecular flexibility index (Phi) is 4.79. The Morgan fingerprint density at radius 3 is 2.55 bits per heavy atom. The van der Waals surface area contributed by atoms with Crippen LogP contribution in [0, 0.1) is 6.92 Å². The highest BCUT2D eigenvalue weighted by Gasteiger charge is 2.08. The number of hydrogen-bond acceptors (Lipinski definition) is 2. The van der Waals surface area contributed by atoms with Crippen LogP contribution in [0.4, 0.5) is 5.69 Å². The fourth-order valence-electron chi connectivity index (χ4n) is 1.88. The molecule has 1 N–H and O–H groups in total. The van der Waals surface area contributed by atoms with Gasteiger partial charge in [-0.2, -0.15) is 0 Å². The minimum atomic E-state index is -0.0607. The molecule has 0 fully saturated rings. The number of anilines is 1. The Bertz CT molecular complexity index is 608. The standard InChI is InChI=1S/C16H16BrNO2/c1-11-3-8-14(15(9-11)20-2)18-16(19)10-12-4-6-13(17)7-5-12/h3-9H,10H2,1-2H3,(H,18,19). The molecule has 0 aliphatic heterocycles. The molecule has 0 atom stereocenters. The normalized spacial score (nSPS) is 10.2. The maximum absolute atomic E-state index is 12.0. The van der Waals surface area contributed by atoms with Crippen molar-refractivity contribution in [3.63, 3.8) is 0 Å². The average molecular weight is 334 g/mol. The van der Waals surface area contributed by atoms with E-state index in [1.807, 2.05) is 49.4 Å². The number of ether oxygens (including phenoxy) is 1. The number of nitrogens with one attached hydrogen (secondary N) is 1. The third-order valence-corrected chi connectivity index (χ3v) is 3.44. The van der Waals surface area contributed by atoms with Crippen LogP contribution >= 0.6 is 15.9 Å². The predicted molar refractivity (Wildman–Crippen MR) is 84.2 cm³/mol. The fraction of sp³-hybridized carbons (Fsp3) is 0.188. The van der Waals surface area contributed by atoms with Crippen molar-refractivity contribution in [1.29, 1.82) is 0 Å². The lowest BCUT2D eigenvalue weighted by atomic mass is 10.1. The van der Waals surface area contributed by atoms with E-state index in [9.17, 15) is 4.79 Å². The van der Waals surface area contributed by atoms with Crippen molar-refractivity contribution in [3.05, 3.63) is 58.1 Å². The molecule has 4 heteroatoms. The van der Waals surface area contributed by atoms with Gasteiger partial charge in [0.1, 0.15) is 5.75 Å². The molecule has 0 spiro atoms. The molecule has 0 unspecified atom stereocenters. The van der Waals surface area contributed by atoms with Crippen LogP contribution in [-0.2, 0) is 11.2 Å². The van der Waals surface area contributed by atoms with E-state index in [1.54, 1.807) is 7.11 Å². The molecule has 2 aromatic rings. The van der Waals surface area contributed by atoms with Gasteiger partial charge in [-0.15, -0.1) is 0 Å². The summed E-state index contributed by atoms with van der Waals surface area (Å²) >= 11 is 3.37. The molecule has 0 saturated carbocycles. The van der Waals surface area contributed by atoms with Crippen LogP contribution in [0.15, 0.2) is 46.9 Å². The number of rotatable bonds is 4.